The molecule has 24 heavy (non-hydrogen) atoms. The van der Waals surface area contributed by atoms with Crippen molar-refractivity contribution in [2.45, 2.75) is 13.0 Å². The summed E-state index contributed by atoms with van der Waals surface area (Å²) in [7, 11) is 0. The number of nitrogens with zero attached hydrogens (tertiary/aromatic N) is 1. The molecule has 0 radical (unpaired) electrons. The van der Waals surface area contributed by atoms with Gasteiger partial charge in [-0.15, -0.1) is 6.58 Å². The van der Waals surface area contributed by atoms with Gasteiger partial charge in [-0.1, -0.05) is 36.4 Å². The molecule has 2 rings (SSSR count). The molecule has 0 heterocycles. The molecule has 0 bridgehead atoms. The third-order valence-corrected chi connectivity index (χ3v) is 3.48. The fraction of sp³-hybridized carbons (Fsp3) is 0.158. The third-order valence-electron chi connectivity index (χ3n) is 3.25. The fourth-order valence-electron chi connectivity index (χ4n) is 2.00. The number of rotatable bonds is 7. The Balaban J connectivity index is 1.86. The van der Waals surface area contributed by atoms with Crippen LogP contribution in [0, 0.1) is 0 Å². The van der Waals surface area contributed by atoms with Crippen molar-refractivity contribution in [3.05, 3.63) is 78.4 Å². The molecule has 5 heteroatoms. The lowest BCUT2D eigenvalue weighted by Crippen LogP contribution is -2.31. The van der Waals surface area contributed by atoms with E-state index < -0.39 is 0 Å². The molecule has 0 amide bonds. The number of hydrogen-bond acceptors (Lipinski definition) is 3. The second-order valence-electron chi connectivity index (χ2n) is 5.11. The minimum Gasteiger partial charge on any atom is -0.486 e. The van der Waals surface area contributed by atoms with E-state index in [-0.39, 0.29) is 6.10 Å². The minimum atomic E-state index is 0.000641. The monoisotopic (exact) mass is 339 g/mol. The average molecular weight is 339 g/mol. The Labute approximate surface area is 148 Å². The van der Waals surface area contributed by atoms with Gasteiger partial charge in [-0.3, -0.25) is 5.43 Å². The van der Waals surface area contributed by atoms with E-state index in [1.165, 1.54) is 0 Å². The molecule has 2 aromatic rings. The maximum atomic E-state index is 5.94. The predicted molar refractivity (Wildman–Crippen MR) is 103 cm³/mol. The zero-order valence-corrected chi connectivity index (χ0v) is 14.4. The normalized spacial score (nSPS) is 11.7. The molecule has 0 fully saturated rings. The quantitative estimate of drug-likeness (QED) is 0.348. The van der Waals surface area contributed by atoms with E-state index >= 15 is 0 Å². The van der Waals surface area contributed by atoms with E-state index in [0.717, 1.165) is 16.9 Å². The molecule has 0 aliphatic heterocycles. The van der Waals surface area contributed by atoms with Crippen LogP contribution in [0.15, 0.2) is 72.4 Å². The van der Waals surface area contributed by atoms with Crippen molar-refractivity contribution in [3.63, 3.8) is 0 Å². The van der Waals surface area contributed by atoms with Gasteiger partial charge in [0.2, 0.25) is 0 Å². The zero-order chi connectivity index (χ0) is 17.2. The van der Waals surface area contributed by atoms with Crippen LogP contribution in [-0.2, 0) is 0 Å². The largest absolute Gasteiger partial charge is 0.486 e. The van der Waals surface area contributed by atoms with Gasteiger partial charge in [0.1, 0.15) is 11.9 Å². The summed E-state index contributed by atoms with van der Waals surface area (Å²) in [6, 6.07) is 17.9. The van der Waals surface area contributed by atoms with E-state index in [9.17, 15) is 0 Å². The molecular weight excluding hydrogens is 318 g/mol. The van der Waals surface area contributed by atoms with Gasteiger partial charge in [0, 0.05) is 6.54 Å². The van der Waals surface area contributed by atoms with Gasteiger partial charge in [-0.25, -0.2) is 0 Å². The van der Waals surface area contributed by atoms with Crippen molar-refractivity contribution in [3.8, 4) is 5.75 Å². The molecule has 2 N–H and O–H groups in total. The first-order valence-corrected chi connectivity index (χ1v) is 8.09. The number of nitrogens with one attached hydrogen (secondary N) is 2. The average Bonchev–Trinajstić information content (AvgIpc) is 2.62. The molecule has 4 nitrogen and oxygen atoms in total. The summed E-state index contributed by atoms with van der Waals surface area (Å²) >= 11 is 5.05. The molecule has 0 unspecified atom stereocenters. The van der Waals surface area contributed by atoms with Crippen LogP contribution in [-0.4, -0.2) is 17.9 Å². The Kier molecular flexibility index (Phi) is 6.98. The van der Waals surface area contributed by atoms with Gasteiger partial charge < -0.3 is 10.1 Å². The lowest BCUT2D eigenvalue weighted by atomic mass is 10.1. The summed E-state index contributed by atoms with van der Waals surface area (Å²) in [5.41, 5.74) is 4.84. The lowest BCUT2D eigenvalue weighted by molar-refractivity contribution is 0.227. The second kappa shape index (κ2) is 9.47. The molecule has 124 valence electrons. The molecule has 0 aliphatic rings. The van der Waals surface area contributed by atoms with Gasteiger partial charge in [0.15, 0.2) is 5.11 Å². The molecular formula is C19H21N3OS. The summed E-state index contributed by atoms with van der Waals surface area (Å²) in [4.78, 5) is 0. The highest BCUT2D eigenvalue weighted by atomic mass is 32.1. The van der Waals surface area contributed by atoms with Gasteiger partial charge in [-0.05, 0) is 54.5 Å². The second-order valence-corrected chi connectivity index (χ2v) is 5.52. The number of hydrogen-bond donors (Lipinski definition) is 2. The van der Waals surface area contributed by atoms with Crippen LogP contribution < -0.4 is 15.5 Å². The van der Waals surface area contributed by atoms with Crippen LogP contribution in [0.2, 0.25) is 0 Å². The van der Waals surface area contributed by atoms with Crippen LogP contribution in [0.3, 0.4) is 0 Å². The highest BCUT2D eigenvalue weighted by Crippen LogP contribution is 2.21. The minimum absolute atomic E-state index is 0.000641. The maximum Gasteiger partial charge on any atom is 0.187 e. The van der Waals surface area contributed by atoms with Crippen molar-refractivity contribution in [1.29, 1.82) is 0 Å². The van der Waals surface area contributed by atoms with E-state index in [4.69, 9.17) is 17.0 Å². The van der Waals surface area contributed by atoms with Crippen LogP contribution in [0.5, 0.6) is 5.75 Å². The molecule has 0 aliphatic carbocycles. The lowest BCUT2D eigenvalue weighted by Gasteiger charge is -2.15. The van der Waals surface area contributed by atoms with Gasteiger partial charge >= 0.3 is 0 Å². The summed E-state index contributed by atoms with van der Waals surface area (Å²) in [6.45, 7) is 6.25. The maximum absolute atomic E-state index is 5.94. The Bertz CT molecular complexity index is 684. The highest BCUT2D eigenvalue weighted by Gasteiger charge is 2.06. The van der Waals surface area contributed by atoms with E-state index in [2.05, 4.69) is 34.6 Å². The first-order valence-electron chi connectivity index (χ1n) is 7.68. The first-order chi connectivity index (χ1) is 11.7. The van der Waals surface area contributed by atoms with E-state index in [1.54, 1.807) is 12.3 Å². The number of ether oxygens (including phenoxy) is 1. The third kappa shape index (κ3) is 5.85. The summed E-state index contributed by atoms with van der Waals surface area (Å²) in [6.07, 6.45) is 3.43. The first kappa shape index (κ1) is 17.7. The Morgan fingerprint density at radius 3 is 2.58 bits per heavy atom. The number of hydrazone groups is 1. The number of thiocarbonyl (C=S) groups is 1. The van der Waals surface area contributed by atoms with Crippen LogP contribution in [0.1, 0.15) is 24.2 Å². The van der Waals surface area contributed by atoms with Gasteiger partial charge in [0.05, 0.1) is 6.21 Å². The topological polar surface area (TPSA) is 45.7 Å². The molecule has 1 atom stereocenters. The van der Waals surface area contributed by atoms with Crippen LogP contribution in [0.4, 0.5) is 0 Å². The van der Waals surface area contributed by atoms with Gasteiger partial charge in [-0.2, -0.15) is 5.10 Å². The number of benzene rings is 2. The smallest absolute Gasteiger partial charge is 0.187 e. The van der Waals surface area contributed by atoms with Crippen molar-refractivity contribution in [2.75, 3.05) is 6.54 Å². The Morgan fingerprint density at radius 1 is 1.21 bits per heavy atom. The van der Waals surface area contributed by atoms with Crippen LogP contribution >= 0.6 is 12.2 Å². The standard InChI is InChI=1S/C19H21N3OS/c1-3-13-20-19(24)22-21-14-16-9-11-18(12-10-16)23-15(2)17-7-5-4-6-8-17/h3-12,14-15H,1,13H2,2H3,(H2,20,22,24)/b21-14-/t15-/m1/s1. The highest BCUT2D eigenvalue weighted by molar-refractivity contribution is 7.80. The van der Waals surface area contributed by atoms with E-state index in [0.29, 0.717) is 11.7 Å². The summed E-state index contributed by atoms with van der Waals surface area (Å²) in [5.74, 6) is 0.819. The van der Waals surface area contributed by atoms with Crippen molar-refractivity contribution in [2.24, 2.45) is 5.10 Å². The molecule has 0 saturated heterocycles. The fourth-order valence-corrected chi connectivity index (χ4v) is 2.13. The Hall–Kier alpha value is -2.66. The van der Waals surface area contributed by atoms with Crippen molar-refractivity contribution in [1.82, 2.24) is 10.7 Å². The van der Waals surface area contributed by atoms with E-state index in [1.807, 2.05) is 49.4 Å². The zero-order valence-electron chi connectivity index (χ0n) is 13.6. The molecule has 0 aromatic heterocycles. The molecule has 2 aromatic carbocycles. The summed E-state index contributed by atoms with van der Waals surface area (Å²) in [5, 5.41) is 7.47. The van der Waals surface area contributed by atoms with Crippen LogP contribution in [0.25, 0.3) is 0 Å². The van der Waals surface area contributed by atoms with Crippen molar-refractivity contribution >= 4 is 23.5 Å². The molecule has 0 spiro atoms. The SMILES string of the molecule is C=CCNC(=S)N/N=C\c1ccc(O[C@H](C)c2ccccc2)cc1. The Morgan fingerprint density at radius 2 is 1.92 bits per heavy atom. The van der Waals surface area contributed by atoms with Gasteiger partial charge in [0.25, 0.3) is 0 Å². The predicted octanol–water partition coefficient (Wildman–Crippen LogP) is 3.81. The molecule has 0 saturated carbocycles. The van der Waals surface area contributed by atoms with Crippen molar-refractivity contribution < 1.29 is 4.74 Å². The summed E-state index contributed by atoms with van der Waals surface area (Å²) < 4.78 is 5.94.